The Bertz CT molecular complexity index is 1120. The number of carbonyl (C=O) groups excluding carboxylic acids is 3. The molecule has 2 aliphatic rings. The van der Waals surface area contributed by atoms with Gasteiger partial charge in [0.05, 0.1) is 12.7 Å². The van der Waals surface area contributed by atoms with Crippen LogP contribution >= 0.6 is 0 Å². The Labute approximate surface area is 196 Å². The Morgan fingerprint density at radius 3 is 2.06 bits per heavy atom. The molecule has 4 rings (SSSR count). The predicted molar refractivity (Wildman–Crippen MR) is 121 cm³/mol. The first-order valence-corrected chi connectivity index (χ1v) is 11.0. The van der Waals surface area contributed by atoms with Crippen LogP contribution in [-0.4, -0.2) is 46.7 Å². The maximum Gasteiger partial charge on any atom is 0.330 e. The van der Waals surface area contributed by atoms with Gasteiger partial charge in [-0.25, -0.2) is 14.9 Å². The van der Waals surface area contributed by atoms with E-state index in [0.29, 0.717) is 24.0 Å². The number of hydrogen-bond acceptors (Lipinski definition) is 8. The minimum absolute atomic E-state index is 0.0449. The van der Waals surface area contributed by atoms with E-state index >= 15 is 0 Å². The van der Waals surface area contributed by atoms with Crippen LogP contribution in [0.1, 0.15) is 46.4 Å². The van der Waals surface area contributed by atoms with Crippen molar-refractivity contribution in [3.8, 4) is 0 Å². The van der Waals surface area contributed by atoms with Crippen molar-refractivity contribution in [2.75, 3.05) is 7.11 Å². The van der Waals surface area contributed by atoms with Crippen molar-refractivity contribution in [1.82, 2.24) is 5.06 Å². The molecule has 1 aliphatic heterocycles. The van der Waals surface area contributed by atoms with Gasteiger partial charge >= 0.3 is 5.97 Å². The lowest BCUT2D eigenvalue weighted by Gasteiger charge is -2.36. The largest absolute Gasteiger partial charge is 0.466 e. The first-order chi connectivity index (χ1) is 16.5. The number of ether oxygens (including phenoxy) is 1. The van der Waals surface area contributed by atoms with E-state index in [2.05, 4.69) is 0 Å². The summed E-state index contributed by atoms with van der Waals surface area (Å²) in [4.78, 5) is 50.1. The highest BCUT2D eigenvalue weighted by molar-refractivity contribution is 6.18. The van der Waals surface area contributed by atoms with Crippen molar-refractivity contribution in [2.24, 2.45) is 0 Å². The van der Waals surface area contributed by atoms with Crippen molar-refractivity contribution in [1.29, 1.82) is 0 Å². The smallest absolute Gasteiger partial charge is 0.330 e. The number of hydroxylamine groups is 2. The molecule has 1 N–H and O–H groups in total. The number of ketones is 2. The number of nitrogens with zero attached hydrogens (tertiary/aromatic N) is 1. The first kappa shape index (κ1) is 23.6. The lowest BCUT2D eigenvalue weighted by molar-refractivity contribution is -0.410. The fourth-order valence-corrected chi connectivity index (χ4v) is 4.35. The van der Waals surface area contributed by atoms with Crippen LogP contribution in [0.4, 0.5) is 0 Å². The second-order valence-corrected chi connectivity index (χ2v) is 8.12. The van der Waals surface area contributed by atoms with Gasteiger partial charge in [0.2, 0.25) is 11.5 Å². The van der Waals surface area contributed by atoms with Gasteiger partial charge in [-0.3, -0.25) is 9.59 Å². The van der Waals surface area contributed by atoms with Crippen LogP contribution in [-0.2, 0) is 19.3 Å². The molecule has 1 saturated carbocycles. The SMILES string of the molecule is COC(=O)/C=C/C1C(C(=O)c2ccccc2)=C(C(=O)c2ccccc2)ON1C1(OO)CCCC1. The van der Waals surface area contributed by atoms with Crippen molar-refractivity contribution >= 4 is 17.5 Å². The quantitative estimate of drug-likeness (QED) is 0.205. The average Bonchev–Trinajstić information content (AvgIpc) is 3.53. The minimum Gasteiger partial charge on any atom is -0.466 e. The predicted octanol–water partition coefficient (Wildman–Crippen LogP) is 4.11. The molecule has 0 saturated heterocycles. The number of benzene rings is 2. The van der Waals surface area contributed by atoms with Crippen molar-refractivity contribution < 1.29 is 34.1 Å². The number of carbonyl (C=O) groups is 3. The number of hydrogen-bond donors (Lipinski definition) is 1. The Hall–Kier alpha value is -3.59. The van der Waals surface area contributed by atoms with Crippen LogP contribution in [0.15, 0.2) is 84.1 Å². The summed E-state index contributed by atoms with van der Waals surface area (Å²) in [6, 6.07) is 15.9. The third-order valence-electron chi connectivity index (χ3n) is 6.08. The zero-order chi connectivity index (χ0) is 24.1. The van der Waals surface area contributed by atoms with Gasteiger partial charge < -0.3 is 9.57 Å². The van der Waals surface area contributed by atoms with E-state index in [1.807, 2.05) is 0 Å². The Morgan fingerprint density at radius 1 is 0.971 bits per heavy atom. The van der Waals surface area contributed by atoms with Gasteiger partial charge in [0.1, 0.15) is 6.04 Å². The second kappa shape index (κ2) is 10.1. The van der Waals surface area contributed by atoms with E-state index in [1.54, 1.807) is 60.7 Å². The van der Waals surface area contributed by atoms with Gasteiger partial charge in [-0.2, -0.15) is 0 Å². The van der Waals surface area contributed by atoms with Crippen molar-refractivity contribution in [3.05, 3.63) is 95.3 Å². The molecule has 2 aromatic carbocycles. The second-order valence-electron chi connectivity index (χ2n) is 8.12. The number of rotatable bonds is 8. The summed E-state index contributed by atoms with van der Waals surface area (Å²) in [7, 11) is 1.24. The summed E-state index contributed by atoms with van der Waals surface area (Å²) < 4.78 is 4.71. The maximum absolute atomic E-state index is 13.7. The zero-order valence-corrected chi connectivity index (χ0v) is 18.7. The molecule has 0 spiro atoms. The molecule has 1 aliphatic carbocycles. The Morgan fingerprint density at radius 2 is 1.53 bits per heavy atom. The Kier molecular flexibility index (Phi) is 7.02. The van der Waals surface area contributed by atoms with Gasteiger partial charge in [-0.1, -0.05) is 71.8 Å². The number of allylic oxidation sites excluding steroid dienone is 1. The van der Waals surface area contributed by atoms with Crippen LogP contribution in [0.25, 0.3) is 0 Å². The topological polar surface area (TPSA) is 102 Å². The van der Waals surface area contributed by atoms with E-state index in [0.717, 1.165) is 18.9 Å². The van der Waals surface area contributed by atoms with E-state index < -0.39 is 29.3 Å². The summed E-state index contributed by atoms with van der Waals surface area (Å²) in [5.41, 5.74) is -0.558. The molecule has 1 atom stereocenters. The van der Waals surface area contributed by atoms with E-state index in [9.17, 15) is 19.6 Å². The standard InChI is InChI=1S/C26H25NO7/c1-32-21(28)15-14-20-22(23(29)18-10-4-2-5-11-18)25(24(30)19-12-6-3-7-13-19)33-27(20)26(34-31)16-8-9-17-26/h2-7,10-15,20,31H,8-9,16-17H2,1H3/b15-14+. The summed E-state index contributed by atoms with van der Waals surface area (Å²) in [6.45, 7) is 0. The van der Waals surface area contributed by atoms with Gasteiger partial charge in [-0.15, -0.1) is 0 Å². The lowest BCUT2D eigenvalue weighted by Crippen LogP contribution is -2.51. The minimum atomic E-state index is -1.29. The summed E-state index contributed by atoms with van der Waals surface area (Å²) in [5.74, 6) is -1.75. The van der Waals surface area contributed by atoms with Crippen LogP contribution in [0.3, 0.4) is 0 Å². The molecule has 0 bridgehead atoms. The maximum atomic E-state index is 13.7. The third-order valence-corrected chi connectivity index (χ3v) is 6.08. The molecule has 0 radical (unpaired) electrons. The van der Waals surface area contributed by atoms with Gasteiger partial charge in [0, 0.05) is 17.2 Å². The highest BCUT2D eigenvalue weighted by Gasteiger charge is 2.53. The van der Waals surface area contributed by atoms with Gasteiger partial charge in [-0.05, 0) is 25.7 Å². The molecule has 0 aromatic heterocycles. The summed E-state index contributed by atoms with van der Waals surface area (Å²) in [6.07, 6.45) is 4.90. The zero-order valence-electron chi connectivity index (χ0n) is 18.7. The first-order valence-electron chi connectivity index (χ1n) is 11.0. The van der Waals surface area contributed by atoms with E-state index in [4.69, 9.17) is 14.5 Å². The summed E-state index contributed by atoms with van der Waals surface area (Å²) in [5, 5.41) is 11.2. The fraction of sp³-hybridized carbons (Fsp3) is 0.269. The normalized spacial score (nSPS) is 19.9. The monoisotopic (exact) mass is 463 g/mol. The molecule has 1 unspecified atom stereocenters. The van der Waals surface area contributed by atoms with Gasteiger partial charge in [0.25, 0.3) is 0 Å². The average molecular weight is 463 g/mol. The molecule has 0 amide bonds. The Balaban J connectivity index is 1.87. The van der Waals surface area contributed by atoms with Crippen LogP contribution < -0.4 is 0 Å². The fourth-order valence-electron chi connectivity index (χ4n) is 4.35. The molecule has 1 heterocycles. The number of methoxy groups -OCH3 is 1. The summed E-state index contributed by atoms with van der Waals surface area (Å²) >= 11 is 0. The van der Waals surface area contributed by atoms with E-state index in [-0.39, 0.29) is 11.3 Å². The number of esters is 1. The molecular weight excluding hydrogens is 438 g/mol. The van der Waals surface area contributed by atoms with Crippen LogP contribution in [0.2, 0.25) is 0 Å². The van der Waals surface area contributed by atoms with Crippen molar-refractivity contribution in [3.63, 3.8) is 0 Å². The van der Waals surface area contributed by atoms with Crippen molar-refractivity contribution in [2.45, 2.75) is 37.5 Å². The third kappa shape index (κ3) is 4.43. The molecule has 176 valence electrons. The highest BCUT2D eigenvalue weighted by atomic mass is 17.1. The molecule has 8 nitrogen and oxygen atoms in total. The molecule has 34 heavy (non-hydrogen) atoms. The number of Topliss-reactive ketones (excluding diaryl/α,β-unsaturated/α-hetero) is 2. The van der Waals surface area contributed by atoms with E-state index in [1.165, 1.54) is 18.2 Å². The molecule has 2 aromatic rings. The molecular formula is C26H25NO7. The lowest BCUT2D eigenvalue weighted by atomic mass is 9.92. The molecule has 1 fully saturated rings. The van der Waals surface area contributed by atoms with Gasteiger partial charge in [0.15, 0.2) is 11.5 Å². The van der Waals surface area contributed by atoms with Crippen LogP contribution in [0, 0.1) is 0 Å². The van der Waals surface area contributed by atoms with Crippen LogP contribution in [0.5, 0.6) is 0 Å². The molecule has 8 heteroatoms. The highest BCUT2D eigenvalue weighted by Crippen LogP contribution is 2.44.